The highest BCUT2D eigenvalue weighted by molar-refractivity contribution is 5.97. The maximum absolute atomic E-state index is 12.6. The van der Waals surface area contributed by atoms with E-state index in [0.717, 1.165) is 31.5 Å². The highest BCUT2D eigenvalue weighted by Crippen LogP contribution is 2.20. The van der Waals surface area contributed by atoms with Crippen molar-refractivity contribution >= 4 is 29.9 Å². The first-order valence-corrected chi connectivity index (χ1v) is 9.34. The number of benzene rings is 1. The number of carbonyl (C=O) groups excluding carboxylic acids is 2. The van der Waals surface area contributed by atoms with Crippen LogP contribution in [0.15, 0.2) is 36.7 Å². The minimum atomic E-state index is -0.490. The third kappa shape index (κ3) is 5.11. The SMILES string of the molecule is CNC(C(=O)Nc1ccc(C(=O)N2CCC(C)CC2)cc1)c1cnn(C)c1.Cl. The molecular formula is C20H28ClN5O2. The van der Waals surface area contributed by atoms with Gasteiger partial charge in [0, 0.05) is 43.1 Å². The summed E-state index contributed by atoms with van der Waals surface area (Å²) < 4.78 is 1.66. The number of hydrogen-bond donors (Lipinski definition) is 2. The van der Waals surface area contributed by atoms with Crippen LogP contribution in [-0.2, 0) is 11.8 Å². The van der Waals surface area contributed by atoms with Crippen molar-refractivity contribution in [2.75, 3.05) is 25.5 Å². The number of aromatic nitrogens is 2. The summed E-state index contributed by atoms with van der Waals surface area (Å²) in [5.74, 6) is 0.574. The van der Waals surface area contributed by atoms with Crippen LogP contribution in [0.2, 0.25) is 0 Å². The molecule has 1 fully saturated rings. The van der Waals surface area contributed by atoms with Gasteiger partial charge in [0.25, 0.3) is 5.91 Å². The number of rotatable bonds is 5. The Bertz CT molecular complexity index is 797. The van der Waals surface area contributed by atoms with E-state index in [0.29, 0.717) is 17.2 Å². The molecule has 0 bridgehead atoms. The molecule has 1 unspecified atom stereocenters. The quantitative estimate of drug-likeness (QED) is 0.801. The van der Waals surface area contributed by atoms with Crippen LogP contribution in [0.3, 0.4) is 0 Å². The molecule has 7 nitrogen and oxygen atoms in total. The van der Waals surface area contributed by atoms with Gasteiger partial charge in [-0.1, -0.05) is 6.92 Å². The van der Waals surface area contributed by atoms with Gasteiger partial charge in [0.15, 0.2) is 0 Å². The van der Waals surface area contributed by atoms with Crippen LogP contribution in [0, 0.1) is 5.92 Å². The molecule has 8 heteroatoms. The third-order valence-corrected chi connectivity index (χ3v) is 5.08. The molecule has 0 radical (unpaired) electrons. The van der Waals surface area contributed by atoms with Gasteiger partial charge in [-0.2, -0.15) is 5.10 Å². The van der Waals surface area contributed by atoms with Crippen molar-refractivity contribution < 1.29 is 9.59 Å². The number of nitrogens with one attached hydrogen (secondary N) is 2. The number of amides is 2. The zero-order chi connectivity index (χ0) is 19.4. The standard InChI is InChI=1S/C20H27N5O2.ClH/c1-14-8-10-25(11-9-14)20(27)15-4-6-17(7-5-15)23-19(26)18(21-2)16-12-22-24(3)13-16;/h4-7,12-14,18,21H,8-11H2,1-3H3,(H,23,26);1H. The molecule has 0 spiro atoms. The molecule has 1 aromatic carbocycles. The summed E-state index contributed by atoms with van der Waals surface area (Å²) in [6, 6.07) is 6.60. The summed E-state index contributed by atoms with van der Waals surface area (Å²) in [6.45, 7) is 3.85. The van der Waals surface area contributed by atoms with E-state index in [1.807, 2.05) is 18.1 Å². The van der Waals surface area contributed by atoms with E-state index in [2.05, 4.69) is 22.7 Å². The third-order valence-electron chi connectivity index (χ3n) is 5.08. The van der Waals surface area contributed by atoms with Gasteiger partial charge in [0.1, 0.15) is 6.04 Å². The van der Waals surface area contributed by atoms with Crippen LogP contribution in [0.1, 0.15) is 41.7 Å². The van der Waals surface area contributed by atoms with Crippen molar-refractivity contribution in [3.05, 3.63) is 47.8 Å². The topological polar surface area (TPSA) is 79.3 Å². The number of piperidine rings is 1. The lowest BCUT2D eigenvalue weighted by Crippen LogP contribution is -2.37. The van der Waals surface area contributed by atoms with Crippen molar-refractivity contribution in [3.63, 3.8) is 0 Å². The summed E-state index contributed by atoms with van der Waals surface area (Å²) in [5, 5.41) is 10.00. The molecule has 1 aliphatic rings. The van der Waals surface area contributed by atoms with Crippen molar-refractivity contribution in [3.8, 4) is 0 Å². The summed E-state index contributed by atoms with van der Waals surface area (Å²) in [4.78, 5) is 27.1. The Morgan fingerprint density at radius 2 is 1.82 bits per heavy atom. The Balaban J connectivity index is 0.00000280. The molecule has 1 aliphatic heterocycles. The van der Waals surface area contributed by atoms with E-state index in [-0.39, 0.29) is 24.2 Å². The lowest BCUT2D eigenvalue weighted by atomic mass is 9.98. The molecule has 28 heavy (non-hydrogen) atoms. The smallest absolute Gasteiger partial charge is 0.253 e. The molecule has 2 N–H and O–H groups in total. The predicted octanol–water partition coefficient (Wildman–Crippen LogP) is 2.61. The number of likely N-dealkylation sites (N-methyl/N-ethyl adjacent to an activating group) is 1. The molecule has 2 amide bonds. The van der Waals surface area contributed by atoms with Crippen LogP contribution in [0.4, 0.5) is 5.69 Å². The molecule has 1 atom stereocenters. The first-order chi connectivity index (χ1) is 13.0. The lowest BCUT2D eigenvalue weighted by molar-refractivity contribution is -0.118. The normalized spacial score (nSPS) is 15.6. The van der Waals surface area contributed by atoms with E-state index in [9.17, 15) is 9.59 Å². The first kappa shape index (κ1) is 21.9. The van der Waals surface area contributed by atoms with Crippen molar-refractivity contribution in [2.24, 2.45) is 13.0 Å². The molecule has 3 rings (SSSR count). The van der Waals surface area contributed by atoms with Crippen LogP contribution < -0.4 is 10.6 Å². The summed E-state index contributed by atoms with van der Waals surface area (Å²) in [5.41, 5.74) is 2.11. The number of carbonyl (C=O) groups is 2. The number of aryl methyl sites for hydroxylation is 1. The van der Waals surface area contributed by atoms with Crippen molar-refractivity contribution in [1.82, 2.24) is 20.0 Å². The van der Waals surface area contributed by atoms with Crippen LogP contribution in [0.5, 0.6) is 0 Å². The Kier molecular flexibility index (Phi) is 7.60. The van der Waals surface area contributed by atoms with Gasteiger partial charge >= 0.3 is 0 Å². The monoisotopic (exact) mass is 405 g/mol. The second-order valence-corrected chi connectivity index (χ2v) is 7.21. The average molecular weight is 406 g/mol. The van der Waals surface area contributed by atoms with Gasteiger partial charge < -0.3 is 15.5 Å². The fourth-order valence-electron chi connectivity index (χ4n) is 3.34. The Hall–Kier alpha value is -2.38. The molecule has 2 aromatic rings. The second-order valence-electron chi connectivity index (χ2n) is 7.21. The Morgan fingerprint density at radius 3 is 2.36 bits per heavy atom. The Labute approximate surface area is 171 Å². The maximum atomic E-state index is 12.6. The van der Waals surface area contributed by atoms with E-state index in [1.165, 1.54) is 0 Å². The fourth-order valence-corrected chi connectivity index (χ4v) is 3.34. The van der Waals surface area contributed by atoms with Crippen LogP contribution in [0.25, 0.3) is 0 Å². The van der Waals surface area contributed by atoms with Crippen molar-refractivity contribution in [1.29, 1.82) is 0 Å². The van der Waals surface area contributed by atoms with E-state index >= 15 is 0 Å². The van der Waals surface area contributed by atoms with Crippen LogP contribution in [-0.4, -0.2) is 46.6 Å². The van der Waals surface area contributed by atoms with E-state index in [1.54, 1.807) is 42.2 Å². The summed E-state index contributed by atoms with van der Waals surface area (Å²) in [6.07, 6.45) is 5.59. The number of anilines is 1. The molecule has 1 aromatic heterocycles. The minimum absolute atomic E-state index is 0. The molecular weight excluding hydrogens is 378 g/mol. The number of likely N-dealkylation sites (tertiary alicyclic amines) is 1. The lowest BCUT2D eigenvalue weighted by Gasteiger charge is -2.30. The summed E-state index contributed by atoms with van der Waals surface area (Å²) in [7, 11) is 3.55. The summed E-state index contributed by atoms with van der Waals surface area (Å²) >= 11 is 0. The highest BCUT2D eigenvalue weighted by Gasteiger charge is 2.22. The number of hydrogen-bond acceptors (Lipinski definition) is 4. The zero-order valence-corrected chi connectivity index (χ0v) is 17.3. The number of nitrogens with zero attached hydrogens (tertiary/aromatic N) is 3. The Morgan fingerprint density at radius 1 is 1.18 bits per heavy atom. The largest absolute Gasteiger partial charge is 0.339 e. The fraction of sp³-hybridized carbons (Fsp3) is 0.450. The van der Waals surface area contributed by atoms with E-state index in [4.69, 9.17) is 0 Å². The van der Waals surface area contributed by atoms with Gasteiger partial charge in [-0.25, -0.2) is 0 Å². The van der Waals surface area contributed by atoms with Crippen LogP contribution >= 0.6 is 12.4 Å². The van der Waals surface area contributed by atoms with Gasteiger partial charge in [0.05, 0.1) is 6.20 Å². The maximum Gasteiger partial charge on any atom is 0.253 e. The van der Waals surface area contributed by atoms with Gasteiger partial charge in [-0.3, -0.25) is 14.3 Å². The second kappa shape index (κ2) is 9.71. The number of halogens is 1. The van der Waals surface area contributed by atoms with Gasteiger partial charge in [-0.05, 0) is 50.1 Å². The average Bonchev–Trinajstić information content (AvgIpc) is 3.09. The molecule has 0 aliphatic carbocycles. The predicted molar refractivity (Wildman–Crippen MR) is 112 cm³/mol. The van der Waals surface area contributed by atoms with Gasteiger partial charge in [0.2, 0.25) is 5.91 Å². The van der Waals surface area contributed by atoms with Crippen molar-refractivity contribution in [2.45, 2.75) is 25.8 Å². The molecule has 152 valence electrons. The highest BCUT2D eigenvalue weighted by atomic mass is 35.5. The van der Waals surface area contributed by atoms with E-state index < -0.39 is 6.04 Å². The first-order valence-electron chi connectivity index (χ1n) is 9.34. The molecule has 0 saturated carbocycles. The molecule has 2 heterocycles. The molecule has 1 saturated heterocycles. The minimum Gasteiger partial charge on any atom is -0.339 e. The zero-order valence-electron chi connectivity index (χ0n) is 16.5. The van der Waals surface area contributed by atoms with Gasteiger partial charge in [-0.15, -0.1) is 12.4 Å².